The van der Waals surface area contributed by atoms with Crippen molar-refractivity contribution in [3.05, 3.63) is 34.7 Å². The molecule has 0 fully saturated rings. The van der Waals surface area contributed by atoms with Crippen LogP contribution in [-0.4, -0.2) is 12.2 Å². The van der Waals surface area contributed by atoms with Crippen molar-refractivity contribution < 1.29 is 13.6 Å². The van der Waals surface area contributed by atoms with Gasteiger partial charge in [-0.05, 0) is 72.6 Å². The lowest BCUT2D eigenvalue weighted by molar-refractivity contribution is 0.149. The smallest absolute Gasteiger partial charge is 0.303 e. The highest BCUT2D eigenvalue weighted by Crippen LogP contribution is 2.52. The molecule has 0 aromatic carbocycles. The zero-order valence-corrected chi connectivity index (χ0v) is 18.3. The zero-order valence-electron chi connectivity index (χ0n) is 17.4. The van der Waals surface area contributed by atoms with E-state index in [1.54, 1.807) is 11.4 Å². The van der Waals surface area contributed by atoms with Crippen molar-refractivity contribution in [1.82, 2.24) is 0 Å². The highest BCUT2D eigenvalue weighted by molar-refractivity contribution is 7.57. The monoisotopic (exact) mass is 368 g/mol. The second-order valence-corrected chi connectivity index (χ2v) is 10.1. The summed E-state index contributed by atoms with van der Waals surface area (Å²) >= 11 is 0. The maximum absolute atomic E-state index is 12.8. The molecule has 0 amide bonds. The Balaban J connectivity index is 2.87. The van der Waals surface area contributed by atoms with Crippen molar-refractivity contribution in [2.24, 2.45) is 5.41 Å². The number of rotatable bonds is 8. The molecule has 0 saturated carbocycles. The SMILES string of the molecule is CC(C=CP(=O)(OC(C)C)OC(C)C)=CCC1=C(C)CCCC1(C)C. The molecule has 0 aromatic rings. The Bertz CT molecular complexity index is 566. The van der Waals surface area contributed by atoms with Gasteiger partial charge in [0.25, 0.3) is 0 Å². The summed E-state index contributed by atoms with van der Waals surface area (Å²) in [5.41, 5.74) is 4.44. The Labute approximate surface area is 155 Å². The van der Waals surface area contributed by atoms with Gasteiger partial charge >= 0.3 is 7.60 Å². The predicted octanol–water partition coefficient (Wildman–Crippen LogP) is 7.41. The third kappa shape index (κ3) is 7.64. The molecule has 25 heavy (non-hydrogen) atoms. The molecule has 0 N–H and O–H groups in total. The first-order chi connectivity index (χ1) is 11.4. The van der Waals surface area contributed by atoms with Gasteiger partial charge in [0.15, 0.2) is 0 Å². The molecule has 144 valence electrons. The van der Waals surface area contributed by atoms with E-state index in [0.717, 1.165) is 12.0 Å². The second kappa shape index (κ2) is 9.35. The molecule has 4 heteroatoms. The van der Waals surface area contributed by atoms with Crippen LogP contribution < -0.4 is 0 Å². The Kier molecular flexibility index (Phi) is 8.38. The second-order valence-electron chi connectivity index (χ2n) is 8.31. The van der Waals surface area contributed by atoms with Crippen LogP contribution >= 0.6 is 7.60 Å². The summed E-state index contributed by atoms with van der Waals surface area (Å²) in [5.74, 6) is 1.60. The van der Waals surface area contributed by atoms with Gasteiger partial charge in [-0.2, -0.15) is 0 Å². The minimum Gasteiger partial charge on any atom is -0.303 e. The lowest BCUT2D eigenvalue weighted by Crippen LogP contribution is -2.20. The van der Waals surface area contributed by atoms with Gasteiger partial charge in [0.05, 0.1) is 12.2 Å². The van der Waals surface area contributed by atoms with Crippen molar-refractivity contribution in [2.75, 3.05) is 0 Å². The molecule has 1 aliphatic carbocycles. The van der Waals surface area contributed by atoms with Crippen molar-refractivity contribution in [1.29, 1.82) is 0 Å². The van der Waals surface area contributed by atoms with Crippen LogP contribution in [0.3, 0.4) is 0 Å². The fourth-order valence-corrected chi connectivity index (χ4v) is 5.13. The molecule has 0 radical (unpaired) electrons. The van der Waals surface area contributed by atoms with Crippen LogP contribution in [0, 0.1) is 5.41 Å². The van der Waals surface area contributed by atoms with Gasteiger partial charge in [0.1, 0.15) is 0 Å². The largest absolute Gasteiger partial charge is 0.354 e. The Morgan fingerprint density at radius 2 is 1.76 bits per heavy atom. The number of hydrogen-bond acceptors (Lipinski definition) is 3. The average molecular weight is 368 g/mol. The molecular weight excluding hydrogens is 331 g/mol. The highest BCUT2D eigenvalue weighted by atomic mass is 31.2. The Morgan fingerprint density at radius 3 is 2.24 bits per heavy atom. The van der Waals surface area contributed by atoms with E-state index >= 15 is 0 Å². The van der Waals surface area contributed by atoms with Crippen molar-refractivity contribution >= 4 is 7.60 Å². The first kappa shape index (κ1) is 22.4. The maximum Gasteiger partial charge on any atom is 0.354 e. The molecule has 0 aromatic heterocycles. The summed E-state index contributed by atoms with van der Waals surface area (Å²) in [4.78, 5) is 0. The molecule has 0 bridgehead atoms. The van der Waals surface area contributed by atoms with Gasteiger partial charge in [-0.15, -0.1) is 0 Å². The van der Waals surface area contributed by atoms with Gasteiger partial charge in [-0.3, -0.25) is 4.57 Å². The van der Waals surface area contributed by atoms with Crippen molar-refractivity contribution in [2.45, 2.75) is 93.3 Å². The van der Waals surface area contributed by atoms with Gasteiger partial charge in [0.2, 0.25) is 0 Å². The van der Waals surface area contributed by atoms with Crippen LogP contribution in [0.2, 0.25) is 0 Å². The fraction of sp³-hybridized carbons (Fsp3) is 0.714. The van der Waals surface area contributed by atoms with Crippen LogP contribution in [0.1, 0.15) is 81.1 Å². The topological polar surface area (TPSA) is 35.5 Å². The van der Waals surface area contributed by atoms with E-state index < -0.39 is 7.60 Å². The molecule has 0 unspecified atom stereocenters. The van der Waals surface area contributed by atoms with Crippen LogP contribution in [0.4, 0.5) is 0 Å². The van der Waals surface area contributed by atoms with E-state index in [9.17, 15) is 4.57 Å². The molecule has 0 atom stereocenters. The van der Waals surface area contributed by atoms with E-state index in [-0.39, 0.29) is 17.6 Å². The summed E-state index contributed by atoms with van der Waals surface area (Å²) < 4.78 is 23.9. The Hall–Kier alpha value is -0.630. The first-order valence-corrected chi connectivity index (χ1v) is 11.1. The summed E-state index contributed by atoms with van der Waals surface area (Å²) in [5, 5.41) is 0. The molecular formula is C21H37O3P. The van der Waals surface area contributed by atoms with E-state index in [1.807, 2.05) is 40.7 Å². The van der Waals surface area contributed by atoms with Crippen LogP contribution in [-0.2, 0) is 13.6 Å². The molecule has 1 aliphatic rings. The van der Waals surface area contributed by atoms with E-state index in [4.69, 9.17) is 9.05 Å². The Morgan fingerprint density at radius 1 is 1.20 bits per heavy atom. The highest BCUT2D eigenvalue weighted by Gasteiger charge is 2.27. The third-order valence-electron chi connectivity index (χ3n) is 4.55. The van der Waals surface area contributed by atoms with Crippen molar-refractivity contribution in [3.8, 4) is 0 Å². The minimum absolute atomic E-state index is 0.144. The van der Waals surface area contributed by atoms with E-state index in [0.29, 0.717) is 0 Å². The number of hydrogen-bond donors (Lipinski definition) is 0. The normalized spacial score (nSPS) is 19.5. The summed E-state index contributed by atoms with van der Waals surface area (Å²) in [6.45, 7) is 16.4. The number of allylic oxidation sites excluding steroid dienone is 5. The lowest BCUT2D eigenvalue weighted by Gasteiger charge is -2.34. The lowest BCUT2D eigenvalue weighted by atomic mass is 9.71. The molecule has 0 spiro atoms. The first-order valence-electron chi connectivity index (χ1n) is 9.47. The minimum atomic E-state index is -3.21. The standard InChI is InChI=1S/C21H37O3P/c1-16(2)23-25(22,24-17(3)4)15-13-18(5)11-12-20-19(6)10-9-14-21(20,7)8/h11,13,15-17H,9-10,12,14H2,1-8H3. The zero-order chi connectivity index (χ0) is 19.3. The summed E-state index contributed by atoms with van der Waals surface area (Å²) in [7, 11) is -3.21. The van der Waals surface area contributed by atoms with Gasteiger partial charge < -0.3 is 9.05 Å². The average Bonchev–Trinajstić information content (AvgIpc) is 2.42. The predicted molar refractivity (Wildman–Crippen MR) is 108 cm³/mol. The van der Waals surface area contributed by atoms with Crippen molar-refractivity contribution in [3.63, 3.8) is 0 Å². The fourth-order valence-electron chi connectivity index (χ4n) is 3.35. The molecule has 0 saturated heterocycles. The maximum atomic E-state index is 12.8. The molecule has 0 aliphatic heterocycles. The van der Waals surface area contributed by atoms with Crippen LogP contribution in [0.15, 0.2) is 34.7 Å². The molecule has 3 nitrogen and oxygen atoms in total. The van der Waals surface area contributed by atoms with Gasteiger partial charge in [-0.25, -0.2) is 0 Å². The molecule has 1 rings (SSSR count). The van der Waals surface area contributed by atoms with Crippen LogP contribution in [0.5, 0.6) is 0 Å². The molecule has 0 heterocycles. The van der Waals surface area contributed by atoms with Gasteiger partial charge in [-0.1, -0.05) is 42.7 Å². The van der Waals surface area contributed by atoms with E-state index in [2.05, 4.69) is 26.8 Å². The van der Waals surface area contributed by atoms with Crippen LogP contribution in [0.25, 0.3) is 0 Å². The van der Waals surface area contributed by atoms with E-state index in [1.165, 1.54) is 24.8 Å². The van der Waals surface area contributed by atoms with Gasteiger partial charge in [0, 0.05) is 5.82 Å². The summed E-state index contributed by atoms with van der Waals surface area (Å²) in [6.07, 6.45) is 8.50. The summed E-state index contributed by atoms with van der Waals surface area (Å²) in [6, 6.07) is 0. The third-order valence-corrected chi connectivity index (χ3v) is 6.49. The quantitative estimate of drug-likeness (QED) is 0.254.